The number of thioether (sulfide) groups is 6. The summed E-state index contributed by atoms with van der Waals surface area (Å²) in [5.41, 5.74) is 28.9. The number of aromatic nitrogens is 14. The fraction of sp³-hybridized carbons (Fsp3) is 0.275. The fourth-order valence-corrected chi connectivity index (χ4v) is 24.2. The van der Waals surface area contributed by atoms with E-state index in [2.05, 4.69) is 83.3 Å². The van der Waals surface area contributed by atoms with Gasteiger partial charge in [-0.2, -0.15) is 5.10 Å². The summed E-state index contributed by atoms with van der Waals surface area (Å²) in [6.07, 6.45) is 7.02. The number of aromatic carboxylic acids is 4. The third-order valence-corrected chi connectivity index (χ3v) is 30.7. The lowest BCUT2D eigenvalue weighted by molar-refractivity contribution is 0.0682. The van der Waals surface area contributed by atoms with E-state index in [4.69, 9.17) is 50.9 Å². The lowest BCUT2D eigenvalue weighted by Gasteiger charge is -2.28. The summed E-state index contributed by atoms with van der Waals surface area (Å²) in [6, 6.07) is 20.0. The van der Waals surface area contributed by atoms with Gasteiger partial charge in [0.05, 0.1) is 54.9 Å². The molecule has 125 heavy (non-hydrogen) atoms. The molecular weight excluding hydrogens is 1840 g/mol. The van der Waals surface area contributed by atoms with Gasteiger partial charge in [-0.1, -0.05) is 170 Å². The zero-order valence-electron chi connectivity index (χ0n) is 65.1. The number of hydrogen-bond donors (Lipinski definition) is 17. The van der Waals surface area contributed by atoms with Crippen molar-refractivity contribution < 1.29 is 97.8 Å². The quantitative estimate of drug-likeness (QED) is 0.0182. The number of nitrogens with one attached hydrogen (secondary N) is 3. The number of aromatic amines is 1. The van der Waals surface area contributed by atoms with E-state index in [9.17, 15) is 69.8 Å². The SMILES string of the molecule is C=C(O)c1cccc2c1OB(O)[C@@H](Sc1nnc(SCCN)s1)C2.Cc1ccc2c(c1C(=O)O)OB(O)[C@@H](Sc1nnc(NC3CNC3)s1)C2.Cc1ccc2c(c1C(=O)O)OB(O)[C@@H](Sc1nnc(OCCN)s1)C2.Nc1nnc(S[C@H]2Cc3cc4[nH]cnc4c(C(=O)O)c3OB2O)s1.Nc1nnc(S[C@H]2Cc3ccc(-n4cccn4)c(C(=O)O)c3OB2O)s1. The predicted octanol–water partition coefficient (Wildman–Crippen LogP) is 6.20. The fourth-order valence-electron chi connectivity index (χ4n) is 13.0. The Bertz CT molecular complexity index is 5910. The number of nitrogens with two attached hydrogens (primary N) is 4. The van der Waals surface area contributed by atoms with Gasteiger partial charge in [-0.15, -0.1) is 45.9 Å². The third kappa shape index (κ3) is 22.1. The second-order valence-corrected chi connectivity index (χ2v) is 41.0. The molecule has 0 spiro atoms. The number of hydrogen-bond acceptors (Lipinski definition) is 45. The van der Waals surface area contributed by atoms with Crippen LogP contribution < -0.4 is 61.6 Å². The topological polar surface area (TPSA) is 630 Å². The number of carboxylic acid groups (broad SMARTS) is 4. The van der Waals surface area contributed by atoms with Gasteiger partial charge in [0.1, 0.15) is 68.9 Å². The number of aliphatic hydroxyl groups is 1. The summed E-state index contributed by atoms with van der Waals surface area (Å²) < 4.78 is 38.9. The van der Waals surface area contributed by atoms with E-state index >= 15 is 0 Å². The zero-order chi connectivity index (χ0) is 88.4. The number of ether oxygens (including phenoxy) is 1. The molecule has 0 unspecified atom stereocenters. The second-order valence-electron chi connectivity index (χ2n) is 27.4. The Balaban J connectivity index is 0.000000127. The maximum atomic E-state index is 11.8. The molecule has 5 atom stereocenters. The molecular formula is C69H71B5N20O20S11. The number of para-hydroxylation sites is 1. The van der Waals surface area contributed by atoms with E-state index in [1.165, 1.54) is 127 Å². The van der Waals surface area contributed by atoms with Crippen LogP contribution in [-0.4, -0.2) is 251 Å². The number of H-pyrrole nitrogens is 1. The Labute approximate surface area is 755 Å². The zero-order valence-corrected chi connectivity index (χ0v) is 74.1. The minimum Gasteiger partial charge on any atom is -0.535 e. The van der Waals surface area contributed by atoms with Crippen molar-refractivity contribution in [1.82, 2.24) is 76.1 Å². The van der Waals surface area contributed by atoms with Crippen molar-refractivity contribution >= 4 is 219 Å². The van der Waals surface area contributed by atoms with Crippen LogP contribution in [0.2, 0.25) is 0 Å². The van der Waals surface area contributed by atoms with Crippen molar-refractivity contribution in [3.05, 3.63) is 159 Å². The summed E-state index contributed by atoms with van der Waals surface area (Å²) in [5, 5.41) is 150. The molecule has 648 valence electrons. The summed E-state index contributed by atoms with van der Waals surface area (Å²) in [7, 11) is -5.61. The van der Waals surface area contributed by atoms with Crippen molar-refractivity contribution in [2.24, 2.45) is 11.5 Å². The minimum atomic E-state index is -1.19. The molecule has 0 saturated carbocycles. The van der Waals surface area contributed by atoms with Crippen molar-refractivity contribution in [3.8, 4) is 39.6 Å². The number of benzene rings is 5. The van der Waals surface area contributed by atoms with Gasteiger partial charge >= 0.3 is 59.5 Å². The van der Waals surface area contributed by atoms with Crippen molar-refractivity contribution in [2.75, 3.05) is 55.3 Å². The van der Waals surface area contributed by atoms with Gasteiger partial charge in [0.2, 0.25) is 15.4 Å². The van der Waals surface area contributed by atoms with Crippen LogP contribution in [0.1, 0.15) is 85.9 Å². The highest BCUT2D eigenvalue weighted by Crippen LogP contribution is 2.46. The lowest BCUT2D eigenvalue weighted by Crippen LogP contribution is -2.51. The van der Waals surface area contributed by atoms with Crippen LogP contribution in [0.15, 0.2) is 118 Å². The number of aliphatic hydroxyl groups excluding tert-OH is 1. The molecule has 12 aromatic rings. The van der Waals surface area contributed by atoms with E-state index in [-0.39, 0.29) is 76.8 Å². The van der Waals surface area contributed by atoms with Gasteiger partial charge in [0, 0.05) is 44.3 Å². The van der Waals surface area contributed by atoms with Crippen LogP contribution in [0, 0.1) is 13.8 Å². The number of aryl methyl sites for hydroxylation is 2. The molecule has 18 rings (SSSR count). The maximum Gasteiger partial charge on any atom is 0.537 e. The van der Waals surface area contributed by atoms with Crippen molar-refractivity contribution in [2.45, 2.75) is 104 Å². The van der Waals surface area contributed by atoms with E-state index in [1.807, 2.05) is 24.3 Å². The number of anilines is 3. The number of nitrogens with zero attached hydrogens (tertiary/aromatic N) is 13. The Morgan fingerprint density at radius 2 is 0.992 bits per heavy atom. The summed E-state index contributed by atoms with van der Waals surface area (Å²) >= 11 is 15.0. The molecule has 13 heterocycles. The van der Waals surface area contributed by atoms with Crippen LogP contribution in [0.4, 0.5) is 15.4 Å². The summed E-state index contributed by atoms with van der Waals surface area (Å²) in [5.74, 6) is -2.39. The largest absolute Gasteiger partial charge is 0.537 e. The monoisotopic (exact) mass is 1910 g/mol. The molecule has 5 aromatic carbocycles. The van der Waals surface area contributed by atoms with Crippen LogP contribution in [0.3, 0.4) is 0 Å². The molecule has 0 bridgehead atoms. The second kappa shape index (κ2) is 41.4. The number of fused-ring (bicyclic) bond motifs is 6. The average Bonchev–Trinajstić information content (AvgIpc) is 1.38. The molecule has 7 aromatic heterocycles. The van der Waals surface area contributed by atoms with E-state index < -0.39 is 59.5 Å². The highest BCUT2D eigenvalue weighted by atomic mass is 32.2. The van der Waals surface area contributed by atoms with Gasteiger partial charge in [0.25, 0.3) is 5.19 Å². The van der Waals surface area contributed by atoms with Crippen molar-refractivity contribution in [3.63, 3.8) is 0 Å². The molecule has 0 amide bonds. The molecule has 0 radical (unpaired) electrons. The number of carboxylic acids is 4. The van der Waals surface area contributed by atoms with Gasteiger partial charge in [-0.25, -0.2) is 28.8 Å². The first kappa shape index (κ1) is 91.5. The van der Waals surface area contributed by atoms with Crippen LogP contribution in [-0.2, 0) is 32.1 Å². The van der Waals surface area contributed by atoms with E-state index in [1.54, 1.807) is 80.5 Å². The molecule has 56 heteroatoms. The maximum absolute atomic E-state index is 11.8. The molecule has 6 aliphatic heterocycles. The molecule has 40 nitrogen and oxygen atoms in total. The minimum absolute atomic E-state index is 0.0335. The standard InChI is InChI=1S/C15H17BN4O4S2.C14H12BN5O4S2.C14H16BN3O5S2.C14H16BN3O3S3.C12H10BN5O4S2/c1-7-2-3-8-4-10(16(23)24-12(8)11(7)13(21)22)25-15-20-19-14(26-15)18-9-5-17-6-9;16-13-18-19-14(26-13)25-9-6-7-2-3-8(20-5-1-4-17-20)10(12(21)22)11(7)24-15(9)23;1-7-2-3-8-6-9(15(21)23-11(8)10(7)12(19)20)24-14-18-17-13(25-14)22-5-4-16;1-8(19)10-4-2-3-9-7-11(15(20)21-12(9)10)23-14-18-17-13(24-14)22-6-5-16;14-11-17-18-12(24-11)23-6-2-4-1-5-8(16-3-15-5)7(10(19)20)9(4)22-13(6)21/h2-3,9-10,17,23H,4-6H2,1H3,(H,18,19)(H,21,22);1-5,9,23H,6H2,(H2,16,18)(H,21,22);2-3,9,21H,4-6,16H2,1H3,(H,19,20);2-4,11,19-20H,1,5-7,16H2;1,3,6,21H,2H2,(H2,14,17)(H,15,16)(H,19,20)/t10-;2*9-;11-;6-/m00000/s1. The number of rotatable bonds is 24. The number of nitrogen functional groups attached to an aromatic ring is 2. The van der Waals surface area contributed by atoms with Gasteiger partial charge in [-0.05, 0) is 120 Å². The van der Waals surface area contributed by atoms with Gasteiger partial charge < -0.3 is 117 Å². The third-order valence-electron chi connectivity index (χ3n) is 18.8. The average molecular weight is 1910 g/mol. The van der Waals surface area contributed by atoms with Crippen LogP contribution in [0.25, 0.3) is 22.5 Å². The molecule has 1 saturated heterocycles. The lowest BCUT2D eigenvalue weighted by atomic mass is 9.77. The van der Waals surface area contributed by atoms with Gasteiger partial charge in [0.15, 0.2) is 26.0 Å². The predicted molar refractivity (Wildman–Crippen MR) is 481 cm³/mol. The Morgan fingerprint density at radius 1 is 0.536 bits per heavy atom. The van der Waals surface area contributed by atoms with E-state index in [0.29, 0.717) is 137 Å². The first-order valence-corrected chi connectivity index (χ1v) is 46.8. The highest BCUT2D eigenvalue weighted by molar-refractivity contribution is 8.05. The first-order valence-electron chi connectivity index (χ1n) is 37.4. The molecule has 6 aliphatic rings. The number of imidazole rings is 1. The van der Waals surface area contributed by atoms with E-state index in [0.717, 1.165) is 53.7 Å². The van der Waals surface area contributed by atoms with Crippen LogP contribution >= 0.6 is 127 Å². The van der Waals surface area contributed by atoms with Crippen molar-refractivity contribution in [1.29, 1.82) is 0 Å². The van der Waals surface area contributed by atoms with Crippen LogP contribution in [0.5, 0.6) is 33.9 Å². The smallest absolute Gasteiger partial charge is 0.535 e. The molecule has 1 fully saturated rings. The first-order chi connectivity index (χ1) is 60.1. The molecule has 0 aliphatic carbocycles. The Hall–Kier alpha value is -9.70. The highest BCUT2D eigenvalue weighted by Gasteiger charge is 2.45. The number of carbonyl (C=O) groups is 4. The summed E-state index contributed by atoms with van der Waals surface area (Å²) in [4.78, 5) is 53.3. The summed E-state index contributed by atoms with van der Waals surface area (Å²) in [6.45, 7) is 10.1. The van der Waals surface area contributed by atoms with Gasteiger partial charge in [-0.3, -0.25) is 0 Å². The Morgan fingerprint density at radius 3 is 1.47 bits per heavy atom. The Kier molecular flexibility index (Phi) is 30.3. The normalized spacial score (nSPS) is 17.1. The molecule has 21 N–H and O–H groups in total.